The summed E-state index contributed by atoms with van der Waals surface area (Å²) < 4.78 is 28.5. The Morgan fingerprint density at radius 1 is 0.892 bits per heavy atom. The molecule has 0 aromatic heterocycles. The Bertz CT molecular complexity index is 1360. The molecule has 1 N–H and O–H groups in total. The van der Waals surface area contributed by atoms with Crippen molar-refractivity contribution < 1.29 is 18.0 Å². The van der Waals surface area contributed by atoms with Crippen LogP contribution in [-0.4, -0.2) is 44.8 Å². The summed E-state index contributed by atoms with van der Waals surface area (Å²) in [6.07, 6.45) is 0. The van der Waals surface area contributed by atoms with E-state index in [1.54, 1.807) is 43.3 Å². The summed E-state index contributed by atoms with van der Waals surface area (Å²) in [6, 6.07) is 16.5. The maximum Gasteiger partial charge on any atom is 0.264 e. The zero-order chi connectivity index (χ0) is 27.3. The van der Waals surface area contributed by atoms with E-state index in [4.69, 9.17) is 34.8 Å². The van der Waals surface area contributed by atoms with Crippen molar-refractivity contribution in [3.63, 3.8) is 0 Å². The lowest BCUT2D eigenvalue weighted by Crippen LogP contribution is -2.50. The van der Waals surface area contributed by atoms with Gasteiger partial charge in [0.15, 0.2) is 0 Å². The average Bonchev–Trinajstić information content (AvgIpc) is 2.85. The molecule has 1 atom stereocenters. The molecule has 7 nitrogen and oxygen atoms in total. The van der Waals surface area contributed by atoms with E-state index in [2.05, 4.69) is 5.32 Å². The second-order valence-electron chi connectivity index (χ2n) is 8.39. The minimum atomic E-state index is -4.21. The van der Waals surface area contributed by atoms with Crippen molar-refractivity contribution in [3.05, 3.63) is 92.9 Å². The van der Waals surface area contributed by atoms with E-state index in [1.807, 2.05) is 6.92 Å². The maximum atomic E-state index is 13.8. The minimum absolute atomic E-state index is 0.00870. The molecule has 11 heteroatoms. The molecular weight excluding hydrogens is 557 g/mol. The molecule has 3 rings (SSSR count). The zero-order valence-electron chi connectivity index (χ0n) is 20.4. The molecular formula is C26H26Cl3N3O4S. The van der Waals surface area contributed by atoms with Crippen LogP contribution in [0.25, 0.3) is 0 Å². The van der Waals surface area contributed by atoms with Crippen molar-refractivity contribution in [2.45, 2.75) is 31.3 Å². The topological polar surface area (TPSA) is 86.8 Å². The number of halogens is 3. The third kappa shape index (κ3) is 7.17. The lowest BCUT2D eigenvalue weighted by Gasteiger charge is -2.32. The van der Waals surface area contributed by atoms with Crippen molar-refractivity contribution in [1.82, 2.24) is 10.2 Å². The monoisotopic (exact) mass is 581 g/mol. The molecule has 0 unspecified atom stereocenters. The zero-order valence-corrected chi connectivity index (χ0v) is 23.5. The Kier molecular flexibility index (Phi) is 9.47. The lowest BCUT2D eigenvalue weighted by atomic mass is 10.1. The first-order chi connectivity index (χ1) is 17.4. The number of benzene rings is 3. The van der Waals surface area contributed by atoms with E-state index in [9.17, 15) is 18.0 Å². The Labute approximate surface area is 232 Å². The SMILES string of the molecule is CNC(=O)[C@H](C)N(Cc1ccc(Cl)cc1)C(=O)CN(c1cc(Cl)cc(Cl)c1)S(=O)(=O)c1ccc(C)cc1. The van der Waals surface area contributed by atoms with Crippen LogP contribution in [0.1, 0.15) is 18.1 Å². The quantitative estimate of drug-likeness (QED) is 0.370. The first-order valence-electron chi connectivity index (χ1n) is 11.2. The normalized spacial score (nSPS) is 12.1. The third-order valence-corrected chi connectivity index (χ3v) is 8.18. The van der Waals surface area contributed by atoms with Crippen molar-refractivity contribution >= 4 is 62.3 Å². The number of hydrogen-bond acceptors (Lipinski definition) is 4. The Morgan fingerprint density at radius 2 is 1.46 bits per heavy atom. The van der Waals surface area contributed by atoms with Crippen LogP contribution in [0.5, 0.6) is 0 Å². The predicted octanol–water partition coefficient (Wildman–Crippen LogP) is 5.31. The fraction of sp³-hybridized carbons (Fsp3) is 0.231. The number of carbonyl (C=O) groups excluding carboxylic acids is 2. The highest BCUT2D eigenvalue weighted by atomic mass is 35.5. The van der Waals surface area contributed by atoms with Gasteiger partial charge in [-0.25, -0.2) is 8.42 Å². The minimum Gasteiger partial charge on any atom is -0.357 e. The van der Waals surface area contributed by atoms with E-state index >= 15 is 0 Å². The van der Waals surface area contributed by atoms with Crippen LogP contribution in [0, 0.1) is 6.92 Å². The molecule has 0 fully saturated rings. The summed E-state index contributed by atoms with van der Waals surface area (Å²) >= 11 is 18.3. The van der Waals surface area contributed by atoms with E-state index in [0.29, 0.717) is 10.6 Å². The number of anilines is 1. The average molecular weight is 583 g/mol. The number of amides is 2. The second-order valence-corrected chi connectivity index (χ2v) is 11.6. The van der Waals surface area contributed by atoms with Gasteiger partial charge in [-0.1, -0.05) is 64.6 Å². The van der Waals surface area contributed by atoms with Gasteiger partial charge in [0.25, 0.3) is 10.0 Å². The standard InChI is InChI=1S/C26H26Cl3N3O4S/c1-17-4-10-24(11-5-17)37(35,36)32(23-13-21(28)12-22(29)14-23)16-25(33)31(18(2)26(34)30-3)15-19-6-8-20(27)9-7-19/h4-14,18H,15-16H2,1-3H3,(H,30,34)/t18-/m0/s1. The van der Waals surface area contributed by atoms with Crippen molar-refractivity contribution in [3.8, 4) is 0 Å². The molecule has 0 aliphatic carbocycles. The molecule has 37 heavy (non-hydrogen) atoms. The Balaban J connectivity index is 2.06. The summed E-state index contributed by atoms with van der Waals surface area (Å²) in [7, 11) is -2.75. The van der Waals surface area contributed by atoms with Gasteiger partial charge in [-0.3, -0.25) is 13.9 Å². The first kappa shape index (κ1) is 28.8. The van der Waals surface area contributed by atoms with Crippen LogP contribution >= 0.6 is 34.8 Å². The molecule has 0 radical (unpaired) electrons. The molecule has 0 aliphatic rings. The van der Waals surface area contributed by atoms with Crippen molar-refractivity contribution in [1.29, 1.82) is 0 Å². The summed E-state index contributed by atoms with van der Waals surface area (Å²) in [4.78, 5) is 27.5. The van der Waals surface area contributed by atoms with Gasteiger partial charge >= 0.3 is 0 Å². The molecule has 3 aromatic rings. The lowest BCUT2D eigenvalue weighted by molar-refractivity contribution is -0.139. The predicted molar refractivity (Wildman–Crippen MR) is 148 cm³/mol. The Hall–Kier alpha value is -2.78. The van der Waals surface area contributed by atoms with E-state index in [1.165, 1.54) is 42.3 Å². The van der Waals surface area contributed by atoms with Crippen LogP contribution < -0.4 is 9.62 Å². The number of likely N-dealkylation sites (N-methyl/N-ethyl adjacent to an activating group) is 1. The number of aryl methyl sites for hydroxylation is 1. The van der Waals surface area contributed by atoms with Gasteiger partial charge < -0.3 is 10.2 Å². The van der Waals surface area contributed by atoms with E-state index in [-0.39, 0.29) is 27.2 Å². The fourth-order valence-electron chi connectivity index (χ4n) is 3.63. The number of rotatable bonds is 9. The summed E-state index contributed by atoms with van der Waals surface area (Å²) in [5.74, 6) is -1.00. The first-order valence-corrected chi connectivity index (χ1v) is 13.8. The summed E-state index contributed by atoms with van der Waals surface area (Å²) in [6.45, 7) is 2.87. The van der Waals surface area contributed by atoms with Crippen LogP contribution in [-0.2, 0) is 26.2 Å². The van der Waals surface area contributed by atoms with Gasteiger partial charge in [-0.2, -0.15) is 0 Å². The molecule has 0 bridgehead atoms. The number of sulfonamides is 1. The molecule has 0 heterocycles. The maximum absolute atomic E-state index is 13.8. The van der Waals surface area contributed by atoms with Gasteiger partial charge in [0.2, 0.25) is 11.8 Å². The molecule has 0 aliphatic heterocycles. The molecule has 0 spiro atoms. The van der Waals surface area contributed by atoms with Gasteiger partial charge in [-0.15, -0.1) is 0 Å². The Morgan fingerprint density at radius 3 is 2.00 bits per heavy atom. The van der Waals surface area contributed by atoms with E-state index in [0.717, 1.165) is 9.87 Å². The molecule has 2 amide bonds. The number of hydrogen-bond donors (Lipinski definition) is 1. The van der Waals surface area contributed by atoms with Crippen LogP contribution in [0.4, 0.5) is 5.69 Å². The van der Waals surface area contributed by atoms with Gasteiger partial charge in [0.1, 0.15) is 12.6 Å². The van der Waals surface area contributed by atoms with Crippen LogP contribution in [0.15, 0.2) is 71.6 Å². The molecule has 3 aromatic carbocycles. The number of nitrogens with zero attached hydrogens (tertiary/aromatic N) is 2. The summed E-state index contributed by atoms with van der Waals surface area (Å²) in [5, 5.41) is 3.47. The van der Waals surface area contributed by atoms with Crippen molar-refractivity contribution in [2.75, 3.05) is 17.9 Å². The molecule has 0 saturated carbocycles. The highest BCUT2D eigenvalue weighted by Gasteiger charge is 2.32. The summed E-state index contributed by atoms with van der Waals surface area (Å²) in [5.41, 5.74) is 1.71. The van der Waals surface area contributed by atoms with Crippen molar-refractivity contribution in [2.24, 2.45) is 0 Å². The number of nitrogens with one attached hydrogen (secondary N) is 1. The highest BCUT2D eigenvalue weighted by Crippen LogP contribution is 2.30. The van der Waals surface area contributed by atoms with Crippen LogP contribution in [0.3, 0.4) is 0 Å². The van der Waals surface area contributed by atoms with Gasteiger partial charge in [0.05, 0.1) is 10.6 Å². The fourth-order valence-corrected chi connectivity index (χ4v) is 5.67. The highest BCUT2D eigenvalue weighted by molar-refractivity contribution is 7.92. The number of carbonyl (C=O) groups is 2. The molecule has 196 valence electrons. The third-order valence-electron chi connectivity index (χ3n) is 5.70. The smallest absolute Gasteiger partial charge is 0.264 e. The van der Waals surface area contributed by atoms with Gasteiger partial charge in [0, 0.05) is 28.7 Å². The second kappa shape index (κ2) is 12.2. The van der Waals surface area contributed by atoms with E-state index < -0.39 is 34.4 Å². The van der Waals surface area contributed by atoms with Crippen LogP contribution in [0.2, 0.25) is 15.1 Å². The largest absolute Gasteiger partial charge is 0.357 e. The van der Waals surface area contributed by atoms with Gasteiger partial charge in [-0.05, 0) is 61.9 Å². The molecule has 0 saturated heterocycles.